The first-order valence-electron chi connectivity index (χ1n) is 4.54. The van der Waals surface area contributed by atoms with Gasteiger partial charge in [-0.3, -0.25) is 0 Å². The van der Waals surface area contributed by atoms with Gasteiger partial charge in [0.15, 0.2) is 11.2 Å². The molecule has 0 amide bonds. The van der Waals surface area contributed by atoms with Gasteiger partial charge < -0.3 is 4.42 Å². The van der Waals surface area contributed by atoms with Gasteiger partial charge in [0, 0.05) is 5.39 Å². The predicted octanol–water partition coefficient (Wildman–Crippen LogP) is 3.45. The second-order valence-electron chi connectivity index (χ2n) is 3.46. The second-order valence-corrected chi connectivity index (χ2v) is 4.32. The zero-order valence-electron chi connectivity index (χ0n) is 7.99. The number of hydrogen-bond donors (Lipinski definition) is 0. The van der Waals surface area contributed by atoms with E-state index in [1.165, 1.54) is 11.9 Å². The fraction of sp³-hybridized carbons (Fsp3) is 0.0909. The first-order chi connectivity index (χ1) is 7.25. The van der Waals surface area contributed by atoms with Crippen LogP contribution >= 0.6 is 15.9 Å². The summed E-state index contributed by atoms with van der Waals surface area (Å²) in [5.74, 6) is 0. The fourth-order valence-corrected chi connectivity index (χ4v) is 2.37. The van der Waals surface area contributed by atoms with Gasteiger partial charge in [0.2, 0.25) is 0 Å². The van der Waals surface area contributed by atoms with Crippen molar-refractivity contribution >= 4 is 38.0 Å². The van der Waals surface area contributed by atoms with Crippen LogP contribution in [0, 0.1) is 6.92 Å². The maximum absolute atomic E-state index is 5.67. The number of aromatic nitrogens is 2. The van der Waals surface area contributed by atoms with E-state index in [9.17, 15) is 0 Å². The maximum Gasteiger partial charge on any atom is 0.172 e. The van der Waals surface area contributed by atoms with E-state index in [1.807, 2.05) is 13.0 Å². The van der Waals surface area contributed by atoms with E-state index in [4.69, 9.17) is 4.42 Å². The Morgan fingerprint density at radius 3 is 3.07 bits per heavy atom. The molecule has 0 aliphatic carbocycles. The Bertz CT molecular complexity index is 660. The third-order valence-corrected chi connectivity index (χ3v) is 2.92. The Hall–Kier alpha value is -1.42. The van der Waals surface area contributed by atoms with Crippen LogP contribution in [0.25, 0.3) is 22.1 Å². The Labute approximate surface area is 94.3 Å². The Balaban J connectivity index is 2.61. The number of furan rings is 1. The molecule has 4 heteroatoms. The van der Waals surface area contributed by atoms with Crippen LogP contribution in [0.4, 0.5) is 0 Å². The second kappa shape index (κ2) is 3.03. The molecule has 1 aromatic carbocycles. The van der Waals surface area contributed by atoms with Gasteiger partial charge >= 0.3 is 0 Å². The van der Waals surface area contributed by atoms with E-state index in [0.29, 0.717) is 0 Å². The monoisotopic (exact) mass is 262 g/mol. The lowest BCUT2D eigenvalue weighted by Crippen LogP contribution is -1.77. The maximum atomic E-state index is 5.67. The smallest absolute Gasteiger partial charge is 0.172 e. The quantitative estimate of drug-likeness (QED) is 0.623. The van der Waals surface area contributed by atoms with E-state index in [1.54, 1.807) is 6.20 Å². The Morgan fingerprint density at radius 2 is 2.20 bits per heavy atom. The summed E-state index contributed by atoms with van der Waals surface area (Å²) in [6, 6.07) is 4.09. The van der Waals surface area contributed by atoms with Crippen molar-refractivity contribution in [2.75, 3.05) is 0 Å². The minimum atomic E-state index is 0.721. The summed E-state index contributed by atoms with van der Waals surface area (Å²) < 4.78 is 6.62. The van der Waals surface area contributed by atoms with Crippen molar-refractivity contribution in [3.8, 4) is 0 Å². The number of nitrogens with zero attached hydrogens (tertiary/aromatic N) is 2. The third kappa shape index (κ3) is 1.25. The fourth-order valence-electron chi connectivity index (χ4n) is 1.71. The SMILES string of the molecule is Cc1cc(Br)c2oc3cncnc3c2c1. The summed E-state index contributed by atoms with van der Waals surface area (Å²) in [7, 11) is 0. The molecule has 3 aromatic rings. The van der Waals surface area contributed by atoms with Crippen LogP contribution in [-0.4, -0.2) is 9.97 Å². The first kappa shape index (κ1) is 8.85. The van der Waals surface area contributed by atoms with Crippen LogP contribution in [0.2, 0.25) is 0 Å². The molecule has 2 heterocycles. The van der Waals surface area contributed by atoms with Gasteiger partial charge in [-0.25, -0.2) is 9.97 Å². The average molecular weight is 263 g/mol. The lowest BCUT2D eigenvalue weighted by molar-refractivity contribution is 0.663. The van der Waals surface area contributed by atoms with E-state index in [0.717, 1.165) is 26.5 Å². The predicted molar refractivity (Wildman–Crippen MR) is 61.7 cm³/mol. The Kier molecular flexibility index (Phi) is 1.79. The molecule has 0 atom stereocenters. The normalized spacial score (nSPS) is 11.3. The Morgan fingerprint density at radius 1 is 1.33 bits per heavy atom. The molecular formula is C11H7BrN2O. The molecule has 0 radical (unpaired) electrons. The highest BCUT2D eigenvalue weighted by atomic mass is 79.9. The van der Waals surface area contributed by atoms with Crippen LogP contribution in [0.1, 0.15) is 5.56 Å². The van der Waals surface area contributed by atoms with Crippen molar-refractivity contribution in [2.45, 2.75) is 6.92 Å². The van der Waals surface area contributed by atoms with E-state index in [2.05, 4.69) is 32.0 Å². The zero-order chi connectivity index (χ0) is 10.4. The van der Waals surface area contributed by atoms with Crippen molar-refractivity contribution in [1.82, 2.24) is 9.97 Å². The van der Waals surface area contributed by atoms with Gasteiger partial charge in [-0.15, -0.1) is 0 Å². The van der Waals surface area contributed by atoms with Gasteiger partial charge in [-0.05, 0) is 40.5 Å². The average Bonchev–Trinajstić information content (AvgIpc) is 2.57. The molecule has 0 aliphatic heterocycles. The molecule has 2 aromatic heterocycles. The number of rotatable bonds is 0. The molecule has 0 N–H and O–H groups in total. The molecule has 0 saturated heterocycles. The number of halogens is 1. The summed E-state index contributed by atoms with van der Waals surface area (Å²) >= 11 is 3.48. The first-order valence-corrected chi connectivity index (χ1v) is 5.33. The molecular weight excluding hydrogens is 256 g/mol. The van der Waals surface area contributed by atoms with Crippen LogP contribution in [0.5, 0.6) is 0 Å². The van der Waals surface area contributed by atoms with Gasteiger partial charge in [-0.1, -0.05) is 0 Å². The lowest BCUT2D eigenvalue weighted by atomic mass is 10.2. The van der Waals surface area contributed by atoms with E-state index < -0.39 is 0 Å². The number of fused-ring (bicyclic) bond motifs is 3. The lowest BCUT2D eigenvalue weighted by Gasteiger charge is -1.95. The minimum Gasteiger partial charge on any atom is -0.452 e. The van der Waals surface area contributed by atoms with Crippen molar-refractivity contribution < 1.29 is 4.42 Å². The van der Waals surface area contributed by atoms with Crippen LogP contribution < -0.4 is 0 Å². The van der Waals surface area contributed by atoms with Crippen LogP contribution in [0.3, 0.4) is 0 Å². The van der Waals surface area contributed by atoms with E-state index in [-0.39, 0.29) is 0 Å². The van der Waals surface area contributed by atoms with Gasteiger partial charge in [0.25, 0.3) is 0 Å². The molecule has 0 fully saturated rings. The summed E-state index contributed by atoms with van der Waals surface area (Å²) in [5, 5.41) is 1.03. The summed E-state index contributed by atoms with van der Waals surface area (Å²) in [6.45, 7) is 2.05. The summed E-state index contributed by atoms with van der Waals surface area (Å²) in [6.07, 6.45) is 3.22. The van der Waals surface area contributed by atoms with E-state index >= 15 is 0 Å². The molecule has 0 aliphatic rings. The molecule has 0 bridgehead atoms. The molecule has 3 rings (SSSR count). The van der Waals surface area contributed by atoms with Gasteiger partial charge in [0.05, 0.1) is 10.7 Å². The zero-order valence-corrected chi connectivity index (χ0v) is 9.58. The highest BCUT2D eigenvalue weighted by Crippen LogP contribution is 2.32. The highest BCUT2D eigenvalue weighted by Gasteiger charge is 2.10. The standard InChI is InChI=1S/C11H7BrN2O/c1-6-2-7-10-9(4-13-5-14-10)15-11(7)8(12)3-6/h2-5H,1H3. The van der Waals surface area contributed by atoms with Crippen LogP contribution in [0.15, 0.2) is 33.5 Å². The topological polar surface area (TPSA) is 38.9 Å². The summed E-state index contributed by atoms with van der Waals surface area (Å²) in [4.78, 5) is 8.17. The molecule has 74 valence electrons. The summed E-state index contributed by atoms with van der Waals surface area (Å²) in [5.41, 5.74) is 3.59. The molecule has 15 heavy (non-hydrogen) atoms. The molecule has 3 nitrogen and oxygen atoms in total. The van der Waals surface area contributed by atoms with Crippen molar-refractivity contribution in [1.29, 1.82) is 0 Å². The third-order valence-electron chi connectivity index (χ3n) is 2.33. The van der Waals surface area contributed by atoms with Crippen molar-refractivity contribution in [3.63, 3.8) is 0 Å². The highest BCUT2D eigenvalue weighted by molar-refractivity contribution is 9.10. The minimum absolute atomic E-state index is 0.721. The molecule has 0 spiro atoms. The van der Waals surface area contributed by atoms with Crippen molar-refractivity contribution in [3.05, 3.63) is 34.7 Å². The largest absolute Gasteiger partial charge is 0.452 e. The molecule has 0 unspecified atom stereocenters. The van der Waals surface area contributed by atoms with Crippen molar-refractivity contribution in [2.24, 2.45) is 0 Å². The number of hydrogen-bond acceptors (Lipinski definition) is 3. The number of aryl methyl sites for hydroxylation is 1. The van der Waals surface area contributed by atoms with Gasteiger partial charge in [-0.2, -0.15) is 0 Å². The van der Waals surface area contributed by atoms with Gasteiger partial charge in [0.1, 0.15) is 11.8 Å². The number of benzene rings is 1. The molecule has 0 saturated carbocycles. The van der Waals surface area contributed by atoms with Crippen LogP contribution in [-0.2, 0) is 0 Å².